The highest BCUT2D eigenvalue weighted by molar-refractivity contribution is 5.43. The molecule has 8 heteroatoms. The summed E-state index contributed by atoms with van der Waals surface area (Å²) >= 11 is 0. The molecule has 0 amide bonds. The van der Waals surface area contributed by atoms with Crippen LogP contribution in [0.4, 0.5) is 11.5 Å². The number of nitrogens with two attached hydrogens (primary N) is 1. The molecule has 0 spiro atoms. The molecule has 88 valence electrons. The fourth-order valence-electron chi connectivity index (χ4n) is 1.57. The maximum Gasteiger partial charge on any atom is 0.313 e. The van der Waals surface area contributed by atoms with Gasteiger partial charge in [-0.25, -0.2) is 4.68 Å². The van der Waals surface area contributed by atoms with Gasteiger partial charge >= 0.3 is 5.69 Å². The number of hydrogen-bond acceptors (Lipinski definition) is 6. The van der Waals surface area contributed by atoms with Gasteiger partial charge in [0.05, 0.1) is 4.92 Å². The van der Waals surface area contributed by atoms with E-state index in [1.54, 1.807) is 26.0 Å². The van der Waals surface area contributed by atoms with Gasteiger partial charge in [-0.1, -0.05) is 0 Å². The Morgan fingerprint density at radius 1 is 1.35 bits per heavy atom. The molecule has 8 nitrogen and oxygen atoms in total. The van der Waals surface area contributed by atoms with Crippen molar-refractivity contribution < 1.29 is 4.92 Å². The van der Waals surface area contributed by atoms with Crippen molar-refractivity contribution in [1.82, 2.24) is 20.0 Å². The summed E-state index contributed by atoms with van der Waals surface area (Å²) in [6.45, 7) is 3.18. The van der Waals surface area contributed by atoms with E-state index in [1.165, 1.54) is 4.68 Å². The van der Waals surface area contributed by atoms with Gasteiger partial charge in [-0.3, -0.25) is 10.1 Å². The van der Waals surface area contributed by atoms with Crippen LogP contribution in [0.1, 0.15) is 11.4 Å². The van der Waals surface area contributed by atoms with E-state index in [2.05, 4.69) is 15.3 Å². The van der Waals surface area contributed by atoms with Crippen molar-refractivity contribution in [2.75, 3.05) is 5.73 Å². The fraction of sp³-hybridized carbons (Fsp3) is 0.222. The van der Waals surface area contributed by atoms with Crippen LogP contribution in [0.15, 0.2) is 12.1 Å². The van der Waals surface area contributed by atoms with Gasteiger partial charge < -0.3 is 5.73 Å². The van der Waals surface area contributed by atoms with E-state index >= 15 is 0 Å². The second-order valence-corrected chi connectivity index (χ2v) is 3.50. The molecular formula is C9H10N6O2. The molecule has 0 fully saturated rings. The Kier molecular flexibility index (Phi) is 2.47. The molecule has 2 N–H and O–H groups in total. The first-order chi connectivity index (χ1) is 8.00. The molecule has 2 aromatic heterocycles. The zero-order valence-electron chi connectivity index (χ0n) is 9.28. The van der Waals surface area contributed by atoms with Crippen molar-refractivity contribution in [3.05, 3.63) is 33.6 Å². The van der Waals surface area contributed by atoms with E-state index < -0.39 is 4.92 Å². The van der Waals surface area contributed by atoms with Crippen molar-refractivity contribution in [1.29, 1.82) is 0 Å². The van der Waals surface area contributed by atoms with E-state index in [9.17, 15) is 10.1 Å². The fourth-order valence-corrected chi connectivity index (χ4v) is 1.57. The molecule has 0 radical (unpaired) electrons. The molecule has 0 bridgehead atoms. The summed E-state index contributed by atoms with van der Waals surface area (Å²) in [5, 5.41) is 22.4. The number of nitrogen functional groups attached to an aromatic ring is 1. The summed E-state index contributed by atoms with van der Waals surface area (Å²) < 4.78 is 1.37. The molecule has 0 saturated heterocycles. The highest BCUT2D eigenvalue weighted by atomic mass is 16.6. The normalized spacial score (nSPS) is 10.5. The van der Waals surface area contributed by atoms with Gasteiger partial charge in [0, 0.05) is 0 Å². The van der Waals surface area contributed by atoms with Crippen LogP contribution in [0.3, 0.4) is 0 Å². The number of nitrogens with zero attached hydrogens (tertiary/aromatic N) is 5. The van der Waals surface area contributed by atoms with Crippen LogP contribution in [0.2, 0.25) is 0 Å². The first kappa shape index (κ1) is 11.0. The number of rotatable bonds is 2. The lowest BCUT2D eigenvalue weighted by Gasteiger charge is -2.00. The predicted molar refractivity (Wildman–Crippen MR) is 59.7 cm³/mol. The van der Waals surface area contributed by atoms with E-state index in [-0.39, 0.29) is 11.5 Å². The molecule has 0 aliphatic rings. The monoisotopic (exact) mass is 234 g/mol. The largest absolute Gasteiger partial charge is 0.382 e. The Morgan fingerprint density at radius 3 is 2.53 bits per heavy atom. The van der Waals surface area contributed by atoms with E-state index in [0.29, 0.717) is 17.2 Å². The molecule has 0 atom stereocenters. The maximum absolute atomic E-state index is 10.8. The third-order valence-electron chi connectivity index (χ3n) is 2.32. The predicted octanol–water partition coefficient (Wildman–Crippen LogP) is 0.770. The van der Waals surface area contributed by atoms with Crippen molar-refractivity contribution in [3.8, 4) is 5.82 Å². The van der Waals surface area contributed by atoms with Crippen LogP contribution in [0, 0.1) is 24.0 Å². The highest BCUT2D eigenvalue weighted by Crippen LogP contribution is 2.23. The van der Waals surface area contributed by atoms with Crippen molar-refractivity contribution >= 4 is 11.5 Å². The second kappa shape index (κ2) is 3.81. The van der Waals surface area contributed by atoms with Crippen LogP contribution in [-0.4, -0.2) is 24.9 Å². The molecular weight excluding hydrogens is 224 g/mol. The van der Waals surface area contributed by atoms with Crippen molar-refractivity contribution in [2.24, 2.45) is 0 Å². The number of nitro groups is 1. The zero-order valence-corrected chi connectivity index (χ0v) is 9.28. The lowest BCUT2D eigenvalue weighted by atomic mass is 10.3. The summed E-state index contributed by atoms with van der Waals surface area (Å²) in [6, 6.07) is 3.16. The van der Waals surface area contributed by atoms with Gasteiger partial charge in [0.15, 0.2) is 5.82 Å². The molecule has 0 aliphatic heterocycles. The maximum atomic E-state index is 10.8. The van der Waals surface area contributed by atoms with Crippen LogP contribution in [0.25, 0.3) is 5.82 Å². The summed E-state index contributed by atoms with van der Waals surface area (Å²) in [6.07, 6.45) is 0. The Labute approximate surface area is 96.2 Å². The van der Waals surface area contributed by atoms with Gasteiger partial charge in [0.25, 0.3) is 0 Å². The molecule has 2 aromatic rings. The summed E-state index contributed by atoms with van der Waals surface area (Å²) in [4.78, 5) is 10.4. The minimum atomic E-state index is -0.459. The number of anilines is 1. The lowest BCUT2D eigenvalue weighted by molar-refractivity contribution is -0.386. The first-order valence-corrected chi connectivity index (χ1v) is 4.81. The SMILES string of the molecule is Cc1nn(-c2ccc(N)nn2)c(C)c1[N+](=O)[O-]. The van der Waals surface area contributed by atoms with Crippen molar-refractivity contribution in [3.63, 3.8) is 0 Å². The van der Waals surface area contributed by atoms with Crippen LogP contribution in [0.5, 0.6) is 0 Å². The van der Waals surface area contributed by atoms with Crippen molar-refractivity contribution in [2.45, 2.75) is 13.8 Å². The van der Waals surface area contributed by atoms with Gasteiger partial charge in [0.2, 0.25) is 0 Å². The first-order valence-electron chi connectivity index (χ1n) is 4.81. The Balaban J connectivity index is 2.57. The third-order valence-corrected chi connectivity index (χ3v) is 2.32. The van der Waals surface area contributed by atoms with Crippen LogP contribution >= 0.6 is 0 Å². The average Bonchev–Trinajstić information content (AvgIpc) is 2.55. The smallest absolute Gasteiger partial charge is 0.313 e. The quantitative estimate of drug-likeness (QED) is 0.606. The van der Waals surface area contributed by atoms with E-state index in [4.69, 9.17) is 5.73 Å². The zero-order chi connectivity index (χ0) is 12.6. The topological polar surface area (TPSA) is 113 Å². The molecule has 0 aliphatic carbocycles. The lowest BCUT2D eigenvalue weighted by Crippen LogP contribution is -2.04. The number of aryl methyl sites for hydroxylation is 1. The van der Waals surface area contributed by atoms with E-state index in [1.807, 2.05) is 0 Å². The molecule has 0 aromatic carbocycles. The number of aromatic nitrogens is 4. The standard InChI is InChI=1S/C9H10N6O2/c1-5-9(15(16)17)6(2)14(13-5)8-4-3-7(10)11-12-8/h3-4H,1-2H3,(H2,10,11). The van der Waals surface area contributed by atoms with Crippen LogP contribution in [-0.2, 0) is 0 Å². The molecule has 0 unspecified atom stereocenters. The Bertz CT molecular complexity index is 574. The van der Waals surface area contributed by atoms with Gasteiger partial charge in [0.1, 0.15) is 17.2 Å². The Hall–Kier alpha value is -2.51. The minimum Gasteiger partial charge on any atom is -0.382 e. The van der Waals surface area contributed by atoms with Gasteiger partial charge in [-0.2, -0.15) is 5.10 Å². The van der Waals surface area contributed by atoms with Gasteiger partial charge in [-0.15, -0.1) is 10.2 Å². The number of hydrogen-bond donors (Lipinski definition) is 1. The molecule has 17 heavy (non-hydrogen) atoms. The molecule has 2 rings (SSSR count). The highest BCUT2D eigenvalue weighted by Gasteiger charge is 2.22. The average molecular weight is 234 g/mol. The van der Waals surface area contributed by atoms with Crippen LogP contribution < -0.4 is 5.73 Å². The van der Waals surface area contributed by atoms with Gasteiger partial charge in [-0.05, 0) is 26.0 Å². The summed E-state index contributed by atoms with van der Waals surface area (Å²) in [7, 11) is 0. The molecule has 0 saturated carbocycles. The summed E-state index contributed by atoms with van der Waals surface area (Å²) in [5.74, 6) is 0.678. The summed E-state index contributed by atoms with van der Waals surface area (Å²) in [5.41, 5.74) is 6.15. The molecule has 2 heterocycles. The third kappa shape index (κ3) is 1.80. The van der Waals surface area contributed by atoms with E-state index in [0.717, 1.165) is 0 Å². The second-order valence-electron chi connectivity index (χ2n) is 3.50. The minimum absolute atomic E-state index is 0.0105. The Morgan fingerprint density at radius 2 is 2.06 bits per heavy atom.